The van der Waals surface area contributed by atoms with Gasteiger partial charge in [-0.1, -0.05) is 32.9 Å². The van der Waals surface area contributed by atoms with Crippen LogP contribution in [0.1, 0.15) is 45.4 Å². The SMILES string of the molecule is CC/C=C(/C=C(\N=C(C)C(C)CC)C(F)F)c1cccs1. The molecule has 1 aromatic rings. The number of halogens is 2. The van der Waals surface area contributed by atoms with Crippen LogP contribution in [0.3, 0.4) is 0 Å². The van der Waals surface area contributed by atoms with Crippen LogP contribution in [-0.2, 0) is 0 Å². The van der Waals surface area contributed by atoms with Crippen molar-refractivity contribution in [2.75, 3.05) is 0 Å². The lowest BCUT2D eigenvalue weighted by atomic mass is 10.0. The van der Waals surface area contributed by atoms with E-state index in [0.29, 0.717) is 0 Å². The fraction of sp³-hybridized carbons (Fsp3) is 0.471. The van der Waals surface area contributed by atoms with E-state index in [1.165, 1.54) is 6.08 Å². The van der Waals surface area contributed by atoms with E-state index in [1.54, 1.807) is 11.3 Å². The molecule has 1 heterocycles. The first-order valence-electron chi connectivity index (χ1n) is 7.28. The lowest BCUT2D eigenvalue weighted by Crippen LogP contribution is -2.08. The van der Waals surface area contributed by atoms with E-state index in [9.17, 15) is 8.78 Å². The maximum Gasteiger partial charge on any atom is 0.280 e. The molecule has 0 bridgehead atoms. The lowest BCUT2D eigenvalue weighted by Gasteiger charge is -2.10. The summed E-state index contributed by atoms with van der Waals surface area (Å²) in [6.45, 7) is 7.85. The highest BCUT2D eigenvalue weighted by Crippen LogP contribution is 2.25. The van der Waals surface area contributed by atoms with E-state index in [2.05, 4.69) is 4.99 Å². The Morgan fingerprint density at radius 1 is 1.38 bits per heavy atom. The number of aliphatic imine (C=N–C) groups is 1. The predicted molar refractivity (Wildman–Crippen MR) is 89.2 cm³/mol. The first-order valence-corrected chi connectivity index (χ1v) is 8.16. The minimum absolute atomic E-state index is 0.152. The molecule has 0 N–H and O–H groups in total. The molecule has 1 atom stereocenters. The van der Waals surface area contributed by atoms with Crippen LogP contribution < -0.4 is 0 Å². The van der Waals surface area contributed by atoms with E-state index in [-0.39, 0.29) is 11.6 Å². The van der Waals surface area contributed by atoms with Gasteiger partial charge in [-0.15, -0.1) is 11.3 Å². The van der Waals surface area contributed by atoms with Gasteiger partial charge in [0.2, 0.25) is 0 Å². The van der Waals surface area contributed by atoms with Crippen LogP contribution in [-0.4, -0.2) is 12.1 Å². The van der Waals surface area contributed by atoms with Gasteiger partial charge < -0.3 is 0 Å². The standard InChI is InChI=1S/C17H23F2NS/c1-5-8-14(16-9-7-10-21-16)11-15(17(18)19)20-13(4)12(3)6-2/h7-12,17H,5-6H2,1-4H3/b14-8-,15-11-,20-13?. The molecule has 116 valence electrons. The Hall–Kier alpha value is -1.29. The maximum absolute atomic E-state index is 13.3. The van der Waals surface area contributed by atoms with Crippen molar-refractivity contribution in [3.05, 3.63) is 40.2 Å². The zero-order chi connectivity index (χ0) is 15.8. The minimum Gasteiger partial charge on any atom is -0.256 e. The van der Waals surface area contributed by atoms with E-state index >= 15 is 0 Å². The molecule has 0 aromatic carbocycles. The molecule has 4 heteroatoms. The van der Waals surface area contributed by atoms with E-state index in [1.807, 2.05) is 51.3 Å². The van der Waals surface area contributed by atoms with Crippen LogP contribution >= 0.6 is 11.3 Å². The predicted octanol–water partition coefficient (Wildman–Crippen LogP) is 6.20. The topological polar surface area (TPSA) is 12.4 Å². The second-order valence-electron chi connectivity index (χ2n) is 4.98. The van der Waals surface area contributed by atoms with Crippen LogP contribution in [0, 0.1) is 5.92 Å². The number of thiophene rings is 1. The zero-order valence-corrected chi connectivity index (χ0v) is 13.9. The van der Waals surface area contributed by atoms with E-state index in [4.69, 9.17) is 0 Å². The Labute approximate surface area is 130 Å². The maximum atomic E-state index is 13.3. The molecule has 1 rings (SSSR count). The fourth-order valence-electron chi connectivity index (χ4n) is 1.81. The van der Waals surface area contributed by atoms with Gasteiger partial charge in [0.1, 0.15) is 5.70 Å². The number of alkyl halides is 2. The van der Waals surface area contributed by atoms with Gasteiger partial charge in [0.05, 0.1) is 0 Å². The first kappa shape index (κ1) is 17.8. The number of hydrogen-bond donors (Lipinski definition) is 0. The van der Waals surface area contributed by atoms with Crippen molar-refractivity contribution < 1.29 is 8.78 Å². The molecule has 0 aliphatic rings. The summed E-state index contributed by atoms with van der Waals surface area (Å²) in [5, 5.41) is 1.95. The Bertz CT molecular complexity index is 513. The molecule has 0 spiro atoms. The highest BCUT2D eigenvalue weighted by molar-refractivity contribution is 7.11. The van der Waals surface area contributed by atoms with Crippen molar-refractivity contribution in [1.82, 2.24) is 0 Å². The van der Waals surface area contributed by atoms with Gasteiger partial charge in [0.25, 0.3) is 6.43 Å². The quantitative estimate of drug-likeness (QED) is 0.420. The molecular formula is C17H23F2NS. The van der Waals surface area contributed by atoms with Gasteiger partial charge in [0, 0.05) is 10.6 Å². The van der Waals surface area contributed by atoms with Gasteiger partial charge in [-0.05, 0) is 48.8 Å². The molecule has 0 aliphatic heterocycles. The van der Waals surface area contributed by atoms with Gasteiger partial charge in [-0.2, -0.15) is 0 Å². The third kappa shape index (κ3) is 5.54. The number of nitrogens with zero attached hydrogens (tertiary/aromatic N) is 1. The van der Waals surface area contributed by atoms with Gasteiger partial charge in [-0.25, -0.2) is 8.78 Å². The van der Waals surface area contributed by atoms with Crippen molar-refractivity contribution >= 4 is 22.6 Å². The molecule has 0 aliphatic carbocycles. The lowest BCUT2D eigenvalue weighted by molar-refractivity contribution is 0.188. The Morgan fingerprint density at radius 3 is 2.57 bits per heavy atom. The fourth-order valence-corrected chi connectivity index (χ4v) is 2.55. The Kier molecular flexibility index (Phi) is 7.51. The second kappa shape index (κ2) is 8.88. The highest BCUT2D eigenvalue weighted by Gasteiger charge is 2.14. The van der Waals surface area contributed by atoms with Gasteiger partial charge >= 0.3 is 0 Å². The molecule has 21 heavy (non-hydrogen) atoms. The molecule has 0 saturated carbocycles. The second-order valence-corrected chi connectivity index (χ2v) is 5.93. The summed E-state index contributed by atoms with van der Waals surface area (Å²) < 4.78 is 26.5. The Balaban J connectivity index is 3.16. The average molecular weight is 311 g/mol. The monoisotopic (exact) mass is 311 g/mol. The summed E-state index contributed by atoms with van der Waals surface area (Å²) >= 11 is 1.55. The number of hydrogen-bond acceptors (Lipinski definition) is 2. The first-order chi connectivity index (χ1) is 9.99. The van der Waals surface area contributed by atoms with Crippen molar-refractivity contribution in [3.63, 3.8) is 0 Å². The molecule has 1 unspecified atom stereocenters. The molecule has 0 radical (unpaired) electrons. The molecule has 1 nitrogen and oxygen atoms in total. The van der Waals surface area contributed by atoms with Crippen LogP contribution in [0.15, 0.2) is 40.4 Å². The highest BCUT2D eigenvalue weighted by atomic mass is 32.1. The number of allylic oxidation sites excluding steroid dienone is 4. The summed E-state index contributed by atoms with van der Waals surface area (Å²) in [5.74, 6) is 0.215. The summed E-state index contributed by atoms with van der Waals surface area (Å²) in [6, 6.07) is 3.87. The molecule has 1 aromatic heterocycles. The summed E-state index contributed by atoms with van der Waals surface area (Å²) in [6.07, 6.45) is 2.61. The van der Waals surface area contributed by atoms with Crippen molar-refractivity contribution in [2.45, 2.75) is 47.0 Å². The largest absolute Gasteiger partial charge is 0.280 e. The van der Waals surface area contributed by atoms with Gasteiger partial charge in [0.15, 0.2) is 0 Å². The number of rotatable bonds is 7. The summed E-state index contributed by atoms with van der Waals surface area (Å²) in [7, 11) is 0. The summed E-state index contributed by atoms with van der Waals surface area (Å²) in [5.41, 5.74) is 1.43. The van der Waals surface area contributed by atoms with Crippen LogP contribution in [0.4, 0.5) is 8.78 Å². The average Bonchev–Trinajstić information content (AvgIpc) is 2.98. The molecule has 0 fully saturated rings. The van der Waals surface area contributed by atoms with Crippen LogP contribution in [0.2, 0.25) is 0 Å². The van der Waals surface area contributed by atoms with Gasteiger partial charge in [-0.3, -0.25) is 4.99 Å². The van der Waals surface area contributed by atoms with Crippen LogP contribution in [0.25, 0.3) is 5.57 Å². The minimum atomic E-state index is -2.57. The molecule has 0 saturated heterocycles. The molecular weight excluding hydrogens is 288 g/mol. The Morgan fingerprint density at radius 2 is 2.10 bits per heavy atom. The summed E-state index contributed by atoms with van der Waals surface area (Å²) in [4.78, 5) is 5.16. The van der Waals surface area contributed by atoms with Crippen molar-refractivity contribution in [2.24, 2.45) is 10.9 Å². The van der Waals surface area contributed by atoms with E-state index < -0.39 is 6.43 Å². The smallest absolute Gasteiger partial charge is 0.256 e. The molecule has 0 amide bonds. The van der Waals surface area contributed by atoms with E-state index in [0.717, 1.165) is 29.0 Å². The third-order valence-electron chi connectivity index (χ3n) is 3.39. The third-order valence-corrected chi connectivity index (χ3v) is 4.31. The van der Waals surface area contributed by atoms with Crippen LogP contribution in [0.5, 0.6) is 0 Å². The van der Waals surface area contributed by atoms with Crippen molar-refractivity contribution in [3.8, 4) is 0 Å². The normalized spacial score (nSPS) is 15.7. The zero-order valence-electron chi connectivity index (χ0n) is 13.1. The van der Waals surface area contributed by atoms with Crippen molar-refractivity contribution in [1.29, 1.82) is 0 Å².